The van der Waals surface area contributed by atoms with Crippen molar-refractivity contribution in [3.05, 3.63) is 52.4 Å². The summed E-state index contributed by atoms with van der Waals surface area (Å²) in [4.78, 5) is 15.3. The van der Waals surface area contributed by atoms with Gasteiger partial charge < -0.3 is 9.47 Å². The number of hydrogen-bond acceptors (Lipinski definition) is 4. The molecule has 0 unspecified atom stereocenters. The number of pyridine rings is 1. The smallest absolute Gasteiger partial charge is 0.338 e. The standard InChI is InChI=1S/C13H9BrFNO3/c1-18-13(17)8-4-5-16-12(6-8)19-11-7-9(14)2-3-10(11)15/h2-7H,1H3. The van der Waals surface area contributed by atoms with Crippen LogP contribution in [0.2, 0.25) is 0 Å². The Balaban J connectivity index is 2.28. The van der Waals surface area contributed by atoms with Crippen molar-refractivity contribution in [3.63, 3.8) is 0 Å². The molecule has 98 valence electrons. The van der Waals surface area contributed by atoms with Gasteiger partial charge in [0.05, 0.1) is 12.7 Å². The van der Waals surface area contributed by atoms with Crippen LogP contribution in [0.3, 0.4) is 0 Å². The number of rotatable bonds is 3. The van der Waals surface area contributed by atoms with Crippen LogP contribution >= 0.6 is 15.9 Å². The predicted octanol–water partition coefficient (Wildman–Crippen LogP) is 3.56. The van der Waals surface area contributed by atoms with E-state index in [1.807, 2.05) is 0 Å². The molecule has 0 atom stereocenters. The summed E-state index contributed by atoms with van der Waals surface area (Å²) in [7, 11) is 1.28. The first-order valence-electron chi connectivity index (χ1n) is 5.27. The maximum Gasteiger partial charge on any atom is 0.338 e. The van der Waals surface area contributed by atoms with Gasteiger partial charge in [-0.05, 0) is 24.3 Å². The molecular weight excluding hydrogens is 317 g/mol. The number of aromatic nitrogens is 1. The fourth-order valence-electron chi connectivity index (χ4n) is 1.38. The molecule has 0 aliphatic heterocycles. The molecule has 0 fully saturated rings. The minimum absolute atomic E-state index is 0.0175. The van der Waals surface area contributed by atoms with Gasteiger partial charge in [0.25, 0.3) is 0 Å². The van der Waals surface area contributed by atoms with Crippen LogP contribution in [0, 0.1) is 5.82 Å². The van der Waals surface area contributed by atoms with Crippen molar-refractivity contribution in [2.45, 2.75) is 0 Å². The highest BCUT2D eigenvalue weighted by Gasteiger charge is 2.10. The molecule has 0 saturated heterocycles. The van der Waals surface area contributed by atoms with Crippen LogP contribution in [0.15, 0.2) is 41.0 Å². The average molecular weight is 326 g/mol. The molecule has 19 heavy (non-hydrogen) atoms. The molecule has 0 radical (unpaired) electrons. The van der Waals surface area contributed by atoms with E-state index in [9.17, 15) is 9.18 Å². The third-order valence-corrected chi connectivity index (χ3v) is 2.76. The Bertz CT molecular complexity index is 619. The Kier molecular flexibility index (Phi) is 4.11. The normalized spacial score (nSPS) is 10.1. The van der Waals surface area contributed by atoms with Gasteiger partial charge in [-0.1, -0.05) is 15.9 Å². The second kappa shape index (κ2) is 5.79. The Morgan fingerprint density at radius 1 is 1.32 bits per heavy atom. The number of halogens is 2. The molecule has 4 nitrogen and oxygen atoms in total. The Labute approximate surface area is 117 Å². The fourth-order valence-corrected chi connectivity index (χ4v) is 1.72. The van der Waals surface area contributed by atoms with Gasteiger partial charge in [-0.3, -0.25) is 0 Å². The third kappa shape index (κ3) is 3.29. The topological polar surface area (TPSA) is 48.4 Å². The summed E-state index contributed by atoms with van der Waals surface area (Å²) < 4.78 is 24.1. The van der Waals surface area contributed by atoms with E-state index in [-0.39, 0.29) is 17.2 Å². The summed E-state index contributed by atoms with van der Waals surface area (Å²) in [6.07, 6.45) is 1.39. The molecule has 1 aromatic carbocycles. The first-order chi connectivity index (χ1) is 9.10. The van der Waals surface area contributed by atoms with Crippen molar-refractivity contribution in [1.82, 2.24) is 4.98 Å². The van der Waals surface area contributed by atoms with Crippen LogP contribution < -0.4 is 4.74 Å². The van der Waals surface area contributed by atoms with Gasteiger partial charge in [0.2, 0.25) is 5.88 Å². The minimum atomic E-state index is -0.520. The molecule has 1 heterocycles. The first-order valence-corrected chi connectivity index (χ1v) is 6.06. The molecule has 0 N–H and O–H groups in total. The summed E-state index contributed by atoms with van der Waals surface area (Å²) in [6.45, 7) is 0. The maximum atomic E-state index is 13.5. The molecule has 1 aromatic heterocycles. The van der Waals surface area contributed by atoms with Crippen molar-refractivity contribution in [2.24, 2.45) is 0 Å². The molecule has 0 spiro atoms. The second-order valence-corrected chi connectivity index (χ2v) is 4.47. The van der Waals surface area contributed by atoms with Crippen molar-refractivity contribution >= 4 is 21.9 Å². The minimum Gasteiger partial charge on any atom is -0.465 e. The highest BCUT2D eigenvalue weighted by Crippen LogP contribution is 2.26. The highest BCUT2D eigenvalue weighted by molar-refractivity contribution is 9.10. The number of ether oxygens (including phenoxy) is 2. The van der Waals surface area contributed by atoms with Gasteiger partial charge in [0.15, 0.2) is 11.6 Å². The number of benzene rings is 1. The van der Waals surface area contributed by atoms with E-state index in [0.717, 1.165) is 0 Å². The van der Waals surface area contributed by atoms with Crippen LogP contribution in [-0.2, 0) is 4.74 Å². The molecule has 6 heteroatoms. The van der Waals surface area contributed by atoms with Crippen LogP contribution in [0.4, 0.5) is 4.39 Å². The molecule has 0 aliphatic carbocycles. The van der Waals surface area contributed by atoms with E-state index in [1.54, 1.807) is 6.07 Å². The zero-order valence-corrected chi connectivity index (χ0v) is 11.5. The lowest BCUT2D eigenvalue weighted by atomic mass is 10.3. The van der Waals surface area contributed by atoms with Crippen LogP contribution in [-0.4, -0.2) is 18.1 Å². The summed E-state index contributed by atoms with van der Waals surface area (Å²) in [6, 6.07) is 7.16. The van der Waals surface area contributed by atoms with Gasteiger partial charge >= 0.3 is 5.97 Å². The third-order valence-electron chi connectivity index (χ3n) is 2.26. The van der Waals surface area contributed by atoms with Crippen molar-refractivity contribution in [1.29, 1.82) is 0 Å². The van der Waals surface area contributed by atoms with Crippen LogP contribution in [0.5, 0.6) is 11.6 Å². The van der Waals surface area contributed by atoms with E-state index in [2.05, 4.69) is 25.7 Å². The van der Waals surface area contributed by atoms with E-state index < -0.39 is 11.8 Å². The van der Waals surface area contributed by atoms with Gasteiger partial charge in [-0.25, -0.2) is 14.2 Å². The number of hydrogen-bond donors (Lipinski definition) is 0. The van der Waals surface area contributed by atoms with Gasteiger partial charge in [-0.15, -0.1) is 0 Å². The SMILES string of the molecule is COC(=O)c1ccnc(Oc2cc(Br)ccc2F)c1. The summed E-state index contributed by atoms with van der Waals surface area (Å²) in [5.41, 5.74) is 0.280. The number of esters is 1. The van der Waals surface area contributed by atoms with E-state index in [0.29, 0.717) is 4.47 Å². The lowest BCUT2D eigenvalue weighted by Crippen LogP contribution is -2.02. The summed E-state index contributed by atoms with van der Waals surface area (Å²) >= 11 is 3.22. The molecule has 2 aromatic rings. The monoisotopic (exact) mass is 325 g/mol. The van der Waals surface area contributed by atoms with Crippen molar-refractivity contribution in [3.8, 4) is 11.6 Å². The van der Waals surface area contributed by atoms with Gasteiger partial charge in [0.1, 0.15) is 0 Å². The zero-order chi connectivity index (χ0) is 13.8. The number of methoxy groups -OCH3 is 1. The summed E-state index contributed by atoms with van der Waals surface area (Å²) in [5.74, 6) is -0.903. The fraction of sp³-hybridized carbons (Fsp3) is 0.0769. The Hall–Kier alpha value is -1.95. The van der Waals surface area contributed by atoms with Crippen LogP contribution in [0.25, 0.3) is 0 Å². The van der Waals surface area contributed by atoms with Gasteiger partial charge in [-0.2, -0.15) is 0 Å². The van der Waals surface area contributed by atoms with Gasteiger partial charge in [0, 0.05) is 16.7 Å². The second-order valence-electron chi connectivity index (χ2n) is 3.55. The lowest BCUT2D eigenvalue weighted by molar-refractivity contribution is 0.0600. The van der Waals surface area contributed by atoms with E-state index in [1.165, 1.54) is 37.6 Å². The number of carbonyl (C=O) groups excluding carboxylic acids is 1. The highest BCUT2D eigenvalue weighted by atomic mass is 79.9. The average Bonchev–Trinajstić information content (AvgIpc) is 2.42. The molecule has 0 bridgehead atoms. The first kappa shape index (κ1) is 13.5. The zero-order valence-electron chi connectivity index (χ0n) is 9.89. The summed E-state index contributed by atoms with van der Waals surface area (Å²) in [5, 5.41) is 0. The number of nitrogens with zero attached hydrogens (tertiary/aromatic N) is 1. The van der Waals surface area contributed by atoms with Crippen molar-refractivity contribution in [2.75, 3.05) is 7.11 Å². The van der Waals surface area contributed by atoms with E-state index >= 15 is 0 Å². The molecule has 2 rings (SSSR count). The number of carbonyl (C=O) groups is 1. The molecule has 0 saturated carbocycles. The largest absolute Gasteiger partial charge is 0.465 e. The molecule has 0 aliphatic rings. The van der Waals surface area contributed by atoms with E-state index in [4.69, 9.17) is 4.74 Å². The quantitative estimate of drug-likeness (QED) is 0.809. The predicted molar refractivity (Wildman–Crippen MR) is 69.8 cm³/mol. The Morgan fingerprint density at radius 3 is 2.84 bits per heavy atom. The Morgan fingerprint density at radius 2 is 2.11 bits per heavy atom. The maximum absolute atomic E-state index is 13.5. The molecule has 0 amide bonds. The lowest BCUT2D eigenvalue weighted by Gasteiger charge is -2.07. The van der Waals surface area contributed by atoms with Crippen LogP contribution in [0.1, 0.15) is 10.4 Å². The van der Waals surface area contributed by atoms with Crippen molar-refractivity contribution < 1.29 is 18.7 Å². The molecular formula is C13H9BrFNO3.